The lowest BCUT2D eigenvalue weighted by molar-refractivity contribution is 0.405. The Hall–Kier alpha value is -1.18. The van der Waals surface area contributed by atoms with E-state index in [0.29, 0.717) is 0 Å². The highest BCUT2D eigenvalue weighted by atomic mass is 19.1. The third-order valence-electron chi connectivity index (χ3n) is 2.27. The number of hydrogen-bond donors (Lipinski definition) is 0. The summed E-state index contributed by atoms with van der Waals surface area (Å²) in [7, 11) is 0. The predicted octanol–water partition coefficient (Wildman–Crippen LogP) is 4.50. The van der Waals surface area contributed by atoms with Crippen LogP contribution in [0.1, 0.15) is 32.8 Å². The van der Waals surface area contributed by atoms with Gasteiger partial charge in [-0.3, -0.25) is 0 Å². The Balaban J connectivity index is 2.78. The van der Waals surface area contributed by atoms with Gasteiger partial charge < -0.3 is 0 Å². The first kappa shape index (κ1) is 12.9. The molecule has 0 aromatic heterocycles. The smallest absolute Gasteiger partial charge is 0.129 e. The molecule has 2 heteroatoms. The average Bonchev–Trinajstić information content (AvgIpc) is 2.08. The number of rotatable bonds is 3. The van der Waals surface area contributed by atoms with Crippen LogP contribution in [0, 0.1) is 17.0 Å². The molecule has 0 aliphatic rings. The summed E-state index contributed by atoms with van der Waals surface area (Å²) in [5.74, 6) is -0.981. The molecule has 0 N–H and O–H groups in total. The third kappa shape index (κ3) is 3.76. The fourth-order valence-corrected chi connectivity index (χ4v) is 1.76. The summed E-state index contributed by atoms with van der Waals surface area (Å²) in [5, 5.41) is 0. The van der Waals surface area contributed by atoms with Crippen LogP contribution < -0.4 is 0 Å². The van der Waals surface area contributed by atoms with E-state index in [1.165, 1.54) is 18.2 Å². The van der Waals surface area contributed by atoms with Crippen molar-refractivity contribution in [3.05, 3.63) is 47.5 Å². The maximum absolute atomic E-state index is 13.4. The van der Waals surface area contributed by atoms with Gasteiger partial charge in [0.2, 0.25) is 0 Å². The van der Waals surface area contributed by atoms with E-state index in [9.17, 15) is 8.78 Å². The van der Waals surface area contributed by atoms with Gasteiger partial charge in [0.15, 0.2) is 0 Å². The quantitative estimate of drug-likeness (QED) is 0.663. The van der Waals surface area contributed by atoms with Crippen molar-refractivity contribution in [3.63, 3.8) is 0 Å². The highest BCUT2D eigenvalue weighted by Gasteiger charge is 2.15. The van der Waals surface area contributed by atoms with Crippen LogP contribution in [0.15, 0.2) is 30.4 Å². The van der Waals surface area contributed by atoms with Crippen LogP contribution in [-0.2, 0) is 6.42 Å². The largest absolute Gasteiger partial charge is 0.207 e. The molecule has 16 heavy (non-hydrogen) atoms. The minimum absolute atomic E-state index is 0.0960. The van der Waals surface area contributed by atoms with Crippen molar-refractivity contribution in [2.45, 2.75) is 33.6 Å². The zero-order valence-corrected chi connectivity index (χ0v) is 10.1. The molecular formula is C14H18F2. The summed E-state index contributed by atoms with van der Waals surface area (Å²) in [6, 6.07) is 3.94. The average molecular weight is 224 g/mol. The summed E-state index contributed by atoms with van der Waals surface area (Å²) in [6.45, 7) is 10.1. The number of halogens is 2. The Morgan fingerprint density at radius 3 is 2.12 bits per heavy atom. The summed E-state index contributed by atoms with van der Waals surface area (Å²) in [6.07, 6.45) is 1.04. The van der Waals surface area contributed by atoms with Crippen LogP contribution in [0.25, 0.3) is 0 Å². The van der Waals surface area contributed by atoms with Gasteiger partial charge in [0.25, 0.3) is 0 Å². The third-order valence-corrected chi connectivity index (χ3v) is 2.27. The first-order valence-electron chi connectivity index (χ1n) is 5.39. The lowest BCUT2D eigenvalue weighted by atomic mass is 9.86. The maximum Gasteiger partial charge on any atom is 0.129 e. The van der Waals surface area contributed by atoms with Crippen molar-refractivity contribution in [3.8, 4) is 0 Å². The molecule has 0 atom stereocenters. The summed E-state index contributed by atoms with van der Waals surface area (Å²) in [4.78, 5) is 0. The summed E-state index contributed by atoms with van der Waals surface area (Å²) < 4.78 is 26.7. The first-order chi connectivity index (χ1) is 7.29. The van der Waals surface area contributed by atoms with Crippen LogP contribution >= 0.6 is 0 Å². The molecule has 88 valence electrons. The second-order valence-electron chi connectivity index (χ2n) is 5.36. The van der Waals surface area contributed by atoms with Crippen LogP contribution in [0.3, 0.4) is 0 Å². The van der Waals surface area contributed by atoms with Gasteiger partial charge in [0, 0.05) is 5.56 Å². The molecular weight excluding hydrogens is 206 g/mol. The molecule has 0 aliphatic heterocycles. The molecule has 0 saturated heterocycles. The summed E-state index contributed by atoms with van der Waals surface area (Å²) >= 11 is 0. The molecule has 0 aliphatic carbocycles. The van der Waals surface area contributed by atoms with Crippen molar-refractivity contribution in [2.75, 3.05) is 0 Å². The van der Waals surface area contributed by atoms with Crippen LogP contribution in [0.4, 0.5) is 8.78 Å². The van der Waals surface area contributed by atoms with Gasteiger partial charge in [-0.25, -0.2) is 8.78 Å². The number of allylic oxidation sites excluding steroid dienone is 1. The maximum atomic E-state index is 13.4. The second-order valence-corrected chi connectivity index (χ2v) is 5.36. The SMILES string of the molecule is C=C(Cc1c(F)cccc1F)CC(C)(C)C. The van der Waals surface area contributed by atoms with Crippen molar-refractivity contribution < 1.29 is 8.78 Å². The van der Waals surface area contributed by atoms with E-state index >= 15 is 0 Å². The standard InChI is InChI=1S/C14H18F2/c1-10(9-14(2,3)4)8-11-12(15)6-5-7-13(11)16/h5-7H,1,8-9H2,2-4H3. The number of hydrogen-bond acceptors (Lipinski definition) is 0. The molecule has 0 fully saturated rings. The molecule has 0 bridgehead atoms. The van der Waals surface area contributed by atoms with E-state index in [0.717, 1.165) is 12.0 Å². The monoisotopic (exact) mass is 224 g/mol. The van der Waals surface area contributed by atoms with Gasteiger partial charge >= 0.3 is 0 Å². The Morgan fingerprint density at radius 2 is 1.69 bits per heavy atom. The highest BCUT2D eigenvalue weighted by Crippen LogP contribution is 2.26. The van der Waals surface area contributed by atoms with Crippen molar-refractivity contribution in [1.29, 1.82) is 0 Å². The molecule has 0 nitrogen and oxygen atoms in total. The molecule has 1 aromatic carbocycles. The topological polar surface area (TPSA) is 0 Å². The fourth-order valence-electron chi connectivity index (χ4n) is 1.76. The molecule has 1 rings (SSSR count). The first-order valence-corrected chi connectivity index (χ1v) is 5.39. The van der Waals surface area contributed by atoms with Gasteiger partial charge in [0.1, 0.15) is 11.6 Å². The Kier molecular flexibility index (Phi) is 3.84. The van der Waals surface area contributed by atoms with Crippen molar-refractivity contribution in [2.24, 2.45) is 5.41 Å². The Bertz CT molecular complexity index is 366. The second kappa shape index (κ2) is 4.77. The van der Waals surface area contributed by atoms with Gasteiger partial charge in [-0.15, -0.1) is 0 Å². The number of benzene rings is 1. The van der Waals surface area contributed by atoms with Crippen molar-refractivity contribution >= 4 is 0 Å². The van der Waals surface area contributed by atoms with Crippen LogP contribution in [0.2, 0.25) is 0 Å². The minimum atomic E-state index is -0.491. The van der Waals surface area contributed by atoms with Gasteiger partial charge in [-0.05, 0) is 30.4 Å². The van der Waals surface area contributed by atoms with Gasteiger partial charge in [-0.1, -0.05) is 39.0 Å². The van der Waals surface area contributed by atoms with E-state index in [1.807, 2.05) is 0 Å². The van der Waals surface area contributed by atoms with Crippen LogP contribution in [0.5, 0.6) is 0 Å². The normalized spacial score (nSPS) is 11.6. The molecule has 0 radical (unpaired) electrons. The zero-order valence-electron chi connectivity index (χ0n) is 10.1. The zero-order chi connectivity index (χ0) is 12.3. The highest BCUT2D eigenvalue weighted by molar-refractivity contribution is 5.24. The minimum Gasteiger partial charge on any atom is -0.207 e. The van der Waals surface area contributed by atoms with Gasteiger partial charge in [-0.2, -0.15) is 0 Å². The molecule has 0 spiro atoms. The van der Waals surface area contributed by atoms with Crippen molar-refractivity contribution in [1.82, 2.24) is 0 Å². The predicted molar refractivity (Wildman–Crippen MR) is 63.3 cm³/mol. The lowest BCUT2D eigenvalue weighted by Gasteiger charge is -2.20. The van der Waals surface area contributed by atoms with E-state index in [1.54, 1.807) is 0 Å². The molecule has 0 amide bonds. The Morgan fingerprint density at radius 1 is 1.19 bits per heavy atom. The molecule has 0 unspecified atom stereocenters. The van der Waals surface area contributed by atoms with E-state index in [-0.39, 0.29) is 17.4 Å². The molecule has 0 saturated carbocycles. The lowest BCUT2D eigenvalue weighted by Crippen LogP contribution is -2.08. The molecule has 1 aromatic rings. The van der Waals surface area contributed by atoms with E-state index in [2.05, 4.69) is 27.4 Å². The van der Waals surface area contributed by atoms with E-state index < -0.39 is 11.6 Å². The summed E-state index contributed by atoms with van der Waals surface area (Å²) in [5.41, 5.74) is 1.08. The fraction of sp³-hybridized carbons (Fsp3) is 0.429. The van der Waals surface area contributed by atoms with Gasteiger partial charge in [0.05, 0.1) is 0 Å². The molecule has 0 heterocycles. The Labute approximate surface area is 96.0 Å². The van der Waals surface area contributed by atoms with E-state index in [4.69, 9.17) is 0 Å². The van der Waals surface area contributed by atoms with Crippen LogP contribution in [-0.4, -0.2) is 0 Å².